The molecule has 1 aliphatic carbocycles. The van der Waals surface area contributed by atoms with Gasteiger partial charge in [-0.05, 0) is 38.5 Å². The van der Waals surface area contributed by atoms with Crippen molar-refractivity contribution in [1.82, 2.24) is 4.90 Å². The van der Waals surface area contributed by atoms with Gasteiger partial charge in [0.25, 0.3) is 10.9 Å². The number of piperidine rings is 1. The average molecular weight is 363 g/mol. The van der Waals surface area contributed by atoms with Gasteiger partial charge in [-0.3, -0.25) is 9.59 Å². The first kappa shape index (κ1) is 18.7. The fourth-order valence-corrected chi connectivity index (χ4v) is 4.01. The van der Waals surface area contributed by atoms with Gasteiger partial charge in [0, 0.05) is 25.2 Å². The number of likely N-dealkylation sites (tertiary alicyclic amines) is 1. The molecule has 2 atom stereocenters. The van der Waals surface area contributed by atoms with Gasteiger partial charge in [-0.25, -0.2) is 4.79 Å². The van der Waals surface area contributed by atoms with Crippen molar-refractivity contribution < 1.29 is 9.53 Å². The largest absolute Gasteiger partial charge is 0.450 e. The van der Waals surface area contributed by atoms with Gasteiger partial charge in [-0.1, -0.05) is 19.8 Å². The number of ether oxygens (including phenoxy) is 1. The molecule has 0 unspecified atom stereocenters. The van der Waals surface area contributed by atoms with Gasteiger partial charge < -0.3 is 20.3 Å². The Labute approximate surface area is 153 Å². The van der Waals surface area contributed by atoms with Crippen LogP contribution in [0.5, 0.6) is 0 Å². The number of rotatable bonds is 5. The first-order valence-electron chi connectivity index (χ1n) is 9.79. The molecule has 1 aromatic rings. The zero-order valence-corrected chi connectivity index (χ0v) is 15.7. The van der Waals surface area contributed by atoms with Gasteiger partial charge in [0.2, 0.25) is 0 Å². The molecule has 7 nitrogen and oxygen atoms in total. The monoisotopic (exact) mass is 363 g/mol. The molecule has 2 aliphatic rings. The molecule has 0 bridgehead atoms. The molecule has 7 heteroatoms. The van der Waals surface area contributed by atoms with Crippen LogP contribution >= 0.6 is 0 Å². The highest BCUT2D eigenvalue weighted by Crippen LogP contribution is 2.28. The van der Waals surface area contributed by atoms with Gasteiger partial charge in [0.05, 0.1) is 6.61 Å². The highest BCUT2D eigenvalue weighted by Gasteiger charge is 2.30. The fraction of sp³-hybridized carbons (Fsp3) is 0.737. The number of carbonyl (C=O) groups is 1. The van der Waals surface area contributed by atoms with Gasteiger partial charge in [0.15, 0.2) is 0 Å². The van der Waals surface area contributed by atoms with Crippen molar-refractivity contribution in [3.8, 4) is 0 Å². The molecule has 26 heavy (non-hydrogen) atoms. The molecule has 144 valence electrons. The Balaban J connectivity index is 1.58. The number of carbonyl (C=O) groups excluding carboxylic acids is 1. The molecule has 1 amide bonds. The number of anilines is 2. The lowest BCUT2D eigenvalue weighted by Crippen LogP contribution is -2.46. The maximum Gasteiger partial charge on any atom is 0.409 e. The van der Waals surface area contributed by atoms with Crippen LogP contribution in [-0.2, 0) is 4.74 Å². The van der Waals surface area contributed by atoms with Gasteiger partial charge in [-0.15, -0.1) is 0 Å². The first-order valence-corrected chi connectivity index (χ1v) is 9.79. The Morgan fingerprint density at radius 3 is 2.27 bits per heavy atom. The number of hydrogen-bond donors (Lipinski definition) is 2. The van der Waals surface area contributed by atoms with Crippen LogP contribution in [0.2, 0.25) is 0 Å². The van der Waals surface area contributed by atoms with Crippen LogP contribution in [0, 0.1) is 5.92 Å². The SMILES string of the molecule is CCOC(=O)N1CCC(Nc2c(N[C@@H]3CCCC[C@H]3C)c(=O)c2=O)CC1. The minimum absolute atomic E-state index is 0.0910. The molecule has 0 radical (unpaired) electrons. The summed E-state index contributed by atoms with van der Waals surface area (Å²) < 4.78 is 5.02. The lowest BCUT2D eigenvalue weighted by atomic mass is 9.85. The molecule has 2 fully saturated rings. The van der Waals surface area contributed by atoms with Crippen LogP contribution in [0.25, 0.3) is 0 Å². The van der Waals surface area contributed by atoms with Crippen molar-refractivity contribution >= 4 is 17.5 Å². The summed E-state index contributed by atoms with van der Waals surface area (Å²) in [7, 11) is 0. The lowest BCUT2D eigenvalue weighted by molar-refractivity contribution is 0.0983. The topological polar surface area (TPSA) is 87.7 Å². The van der Waals surface area contributed by atoms with Gasteiger partial charge in [0.1, 0.15) is 11.4 Å². The predicted molar refractivity (Wildman–Crippen MR) is 102 cm³/mol. The van der Waals surface area contributed by atoms with E-state index in [1.54, 1.807) is 11.8 Å². The molecule has 1 saturated carbocycles. The number of nitrogens with zero attached hydrogens (tertiary/aromatic N) is 1. The van der Waals surface area contributed by atoms with Crippen LogP contribution in [0.15, 0.2) is 9.59 Å². The van der Waals surface area contributed by atoms with E-state index in [1.807, 2.05) is 0 Å². The van der Waals surface area contributed by atoms with Crippen molar-refractivity contribution in [2.45, 2.75) is 64.5 Å². The van der Waals surface area contributed by atoms with Crippen LogP contribution in [0.3, 0.4) is 0 Å². The lowest BCUT2D eigenvalue weighted by Gasteiger charge is -2.34. The van der Waals surface area contributed by atoms with Crippen LogP contribution < -0.4 is 21.5 Å². The van der Waals surface area contributed by atoms with Gasteiger partial charge >= 0.3 is 6.09 Å². The van der Waals surface area contributed by atoms with Gasteiger partial charge in [-0.2, -0.15) is 0 Å². The molecule has 2 N–H and O–H groups in total. The molecule has 1 aromatic carbocycles. The van der Waals surface area contributed by atoms with Crippen LogP contribution in [0.4, 0.5) is 16.2 Å². The Morgan fingerprint density at radius 2 is 1.65 bits per heavy atom. The second-order valence-electron chi connectivity index (χ2n) is 7.53. The summed E-state index contributed by atoms with van der Waals surface area (Å²) in [4.78, 5) is 37.5. The van der Waals surface area contributed by atoms with E-state index >= 15 is 0 Å². The maximum absolute atomic E-state index is 12.0. The number of nitrogens with one attached hydrogen (secondary N) is 2. The Kier molecular flexibility index (Phi) is 5.84. The number of hydrogen-bond acceptors (Lipinski definition) is 6. The van der Waals surface area contributed by atoms with E-state index in [0.29, 0.717) is 37.0 Å². The zero-order chi connectivity index (χ0) is 18.7. The van der Waals surface area contributed by atoms with E-state index in [2.05, 4.69) is 17.6 Å². The maximum atomic E-state index is 12.0. The summed E-state index contributed by atoms with van der Waals surface area (Å²) in [6, 6.07) is 0.353. The molecular weight excluding hydrogens is 334 g/mol. The smallest absolute Gasteiger partial charge is 0.409 e. The van der Waals surface area contributed by atoms with Crippen LogP contribution in [-0.4, -0.2) is 42.8 Å². The van der Waals surface area contributed by atoms with E-state index in [-0.39, 0.29) is 18.2 Å². The van der Waals surface area contributed by atoms with Crippen molar-refractivity contribution in [1.29, 1.82) is 0 Å². The fourth-order valence-electron chi connectivity index (χ4n) is 4.01. The standard InChI is InChI=1S/C19H29N3O4/c1-3-26-19(25)22-10-8-13(9-11-22)20-15-16(18(24)17(15)23)21-14-7-5-4-6-12(14)2/h12-14,20-21H,3-11H2,1-2H3/t12-,14-/m1/s1. The van der Waals surface area contributed by atoms with Crippen LogP contribution in [0.1, 0.15) is 52.4 Å². The summed E-state index contributed by atoms with van der Waals surface area (Å²) in [6.07, 6.45) is 5.77. The van der Waals surface area contributed by atoms with E-state index in [0.717, 1.165) is 32.1 Å². The minimum atomic E-state index is -0.427. The highest BCUT2D eigenvalue weighted by molar-refractivity contribution is 5.74. The second-order valence-corrected chi connectivity index (χ2v) is 7.53. The second kappa shape index (κ2) is 8.10. The minimum Gasteiger partial charge on any atom is -0.450 e. The van der Waals surface area contributed by atoms with E-state index in [4.69, 9.17) is 4.74 Å². The molecule has 1 saturated heterocycles. The third kappa shape index (κ3) is 3.86. The third-order valence-electron chi connectivity index (χ3n) is 5.72. The third-order valence-corrected chi connectivity index (χ3v) is 5.72. The summed E-state index contributed by atoms with van der Waals surface area (Å²) in [5.74, 6) is 0.508. The molecule has 1 aliphatic heterocycles. The Morgan fingerprint density at radius 1 is 1.04 bits per heavy atom. The highest BCUT2D eigenvalue weighted by atomic mass is 16.6. The molecule has 0 spiro atoms. The predicted octanol–water partition coefficient (Wildman–Crippen LogP) is 2.31. The first-order chi connectivity index (χ1) is 12.5. The van der Waals surface area contributed by atoms with Crippen molar-refractivity contribution in [3.63, 3.8) is 0 Å². The molecular formula is C19H29N3O4. The Hall–Kier alpha value is -2.05. The van der Waals surface area contributed by atoms with Crippen molar-refractivity contribution in [3.05, 3.63) is 20.4 Å². The van der Waals surface area contributed by atoms with Crippen molar-refractivity contribution in [2.75, 3.05) is 30.3 Å². The summed E-state index contributed by atoms with van der Waals surface area (Å²) in [6.45, 7) is 5.54. The summed E-state index contributed by atoms with van der Waals surface area (Å²) in [5, 5.41) is 6.58. The molecule has 1 heterocycles. The van der Waals surface area contributed by atoms with E-state index in [9.17, 15) is 14.4 Å². The van der Waals surface area contributed by atoms with Crippen molar-refractivity contribution in [2.24, 2.45) is 5.92 Å². The summed E-state index contributed by atoms with van der Waals surface area (Å²) >= 11 is 0. The number of amides is 1. The van der Waals surface area contributed by atoms with E-state index < -0.39 is 10.9 Å². The molecule has 3 rings (SSSR count). The average Bonchev–Trinajstić information content (AvgIpc) is 2.66. The van der Waals surface area contributed by atoms with E-state index in [1.165, 1.54) is 6.42 Å². The Bertz CT molecular complexity index is 702. The summed E-state index contributed by atoms with van der Waals surface area (Å²) in [5.41, 5.74) is 0.0574. The zero-order valence-electron chi connectivity index (χ0n) is 15.7. The quantitative estimate of drug-likeness (QED) is 0.781. The molecule has 0 aromatic heterocycles. The normalized spacial score (nSPS) is 24.5.